The Balaban J connectivity index is 0. The minimum absolute atomic E-state index is 0. The normalized spacial score (nSPS) is 12.4. The molecule has 1 atom stereocenters. The van der Waals surface area contributed by atoms with Crippen molar-refractivity contribution < 1.29 is 4.74 Å². The summed E-state index contributed by atoms with van der Waals surface area (Å²) in [5, 5.41) is 0. The predicted molar refractivity (Wildman–Crippen MR) is 32.4 cm³/mol. The van der Waals surface area contributed by atoms with Crippen molar-refractivity contribution in [3.05, 3.63) is 0 Å². The van der Waals surface area contributed by atoms with Gasteiger partial charge in [0, 0.05) is 6.61 Å². The molecule has 2 N–H and O–H groups in total. The number of hydrogen-bond donors (Lipinski definition) is 1. The summed E-state index contributed by atoms with van der Waals surface area (Å²) in [6.07, 6.45) is -0.102. The van der Waals surface area contributed by atoms with E-state index in [0.717, 1.165) is 0 Å². The molecule has 0 radical (unpaired) electrons. The van der Waals surface area contributed by atoms with E-state index < -0.39 is 0 Å². The van der Waals surface area contributed by atoms with Crippen LogP contribution in [0.25, 0.3) is 0 Å². The third kappa shape index (κ3) is 10.7. The molecule has 3 heteroatoms. The van der Waals surface area contributed by atoms with Crippen molar-refractivity contribution in [3.8, 4) is 0 Å². The van der Waals surface area contributed by atoms with Gasteiger partial charge in [-0.15, -0.1) is 0 Å². The summed E-state index contributed by atoms with van der Waals surface area (Å²) in [5.41, 5.74) is 5.18. The summed E-state index contributed by atoms with van der Waals surface area (Å²) in [7, 11) is 0. The summed E-state index contributed by atoms with van der Waals surface area (Å²) in [4.78, 5) is 0. The molecule has 7 heavy (non-hydrogen) atoms. The van der Waals surface area contributed by atoms with Crippen LogP contribution in [0.5, 0.6) is 0 Å². The Kier molecular flexibility index (Phi) is 9.77. The zero-order valence-electron chi connectivity index (χ0n) is 4.27. The van der Waals surface area contributed by atoms with Gasteiger partial charge in [0.05, 0.1) is 0 Å². The fourth-order valence-corrected chi connectivity index (χ4v) is 0.263. The van der Waals surface area contributed by atoms with E-state index in [2.05, 4.69) is 0 Å². The van der Waals surface area contributed by atoms with Gasteiger partial charge in [-0.25, -0.2) is 0 Å². The van der Waals surface area contributed by atoms with Gasteiger partial charge in [-0.05, 0) is 13.8 Å². The van der Waals surface area contributed by atoms with Gasteiger partial charge in [0.15, 0.2) is 0 Å². The molecule has 0 aromatic carbocycles. The van der Waals surface area contributed by atoms with E-state index in [9.17, 15) is 0 Å². The van der Waals surface area contributed by atoms with Crippen LogP contribution < -0.4 is 5.73 Å². The Bertz CT molecular complexity index is 32.9. The third-order valence-electron chi connectivity index (χ3n) is 0.430. The summed E-state index contributed by atoms with van der Waals surface area (Å²) in [6.45, 7) is 4.44. The Morgan fingerprint density at radius 2 is 2.14 bits per heavy atom. The monoisotopic (exact) mass is 97.1 g/mol. The zero-order valence-corrected chi connectivity index (χ0v) is 4.27. The molecule has 0 amide bonds. The maximum absolute atomic E-state index is 5.18. The molecule has 0 aliphatic heterocycles. The van der Waals surface area contributed by atoms with Crippen LogP contribution in [-0.2, 0) is 4.74 Å². The van der Waals surface area contributed by atoms with E-state index >= 15 is 0 Å². The van der Waals surface area contributed by atoms with Crippen LogP contribution in [0, 0.1) is 0 Å². The fraction of sp³-hybridized carbons (Fsp3) is 1.00. The van der Waals surface area contributed by atoms with Crippen molar-refractivity contribution in [1.29, 1.82) is 0 Å². The topological polar surface area (TPSA) is 35.2 Å². The SMILES string of the molecule is CCOC(C)N.[LiH]. The van der Waals surface area contributed by atoms with Gasteiger partial charge in [0.1, 0.15) is 6.23 Å². The molecular weight excluding hydrogens is 85.0 g/mol. The molecule has 0 saturated heterocycles. The molecule has 0 heterocycles. The Labute approximate surface area is 56.6 Å². The number of ether oxygens (including phenoxy) is 1. The first-order valence-electron chi connectivity index (χ1n) is 2.14. The maximum atomic E-state index is 5.18. The summed E-state index contributed by atoms with van der Waals surface area (Å²) < 4.78 is 4.82. The zero-order chi connectivity index (χ0) is 4.99. The summed E-state index contributed by atoms with van der Waals surface area (Å²) in [6, 6.07) is 0. The van der Waals surface area contributed by atoms with Gasteiger partial charge in [0.25, 0.3) is 0 Å². The van der Waals surface area contributed by atoms with E-state index in [1.165, 1.54) is 0 Å². The van der Waals surface area contributed by atoms with Gasteiger partial charge in [0.2, 0.25) is 0 Å². The van der Waals surface area contributed by atoms with E-state index in [0.29, 0.717) is 6.61 Å². The van der Waals surface area contributed by atoms with E-state index in [1.54, 1.807) is 0 Å². The summed E-state index contributed by atoms with van der Waals surface area (Å²) in [5.74, 6) is 0. The molecule has 0 saturated carbocycles. The van der Waals surface area contributed by atoms with Gasteiger partial charge < -0.3 is 10.5 Å². The predicted octanol–water partition coefficient (Wildman–Crippen LogP) is -0.321. The van der Waals surface area contributed by atoms with E-state index in [4.69, 9.17) is 10.5 Å². The second-order valence-electron chi connectivity index (χ2n) is 1.16. The van der Waals surface area contributed by atoms with Crippen molar-refractivity contribution in [1.82, 2.24) is 0 Å². The van der Waals surface area contributed by atoms with E-state index in [-0.39, 0.29) is 25.1 Å². The Morgan fingerprint density at radius 1 is 1.71 bits per heavy atom. The molecular formula is C4H12LiNO. The number of rotatable bonds is 2. The summed E-state index contributed by atoms with van der Waals surface area (Å²) >= 11 is 0. The molecule has 0 bridgehead atoms. The van der Waals surface area contributed by atoms with E-state index in [1.807, 2.05) is 13.8 Å². The first kappa shape index (κ1) is 10.5. The third-order valence-corrected chi connectivity index (χ3v) is 0.430. The standard InChI is InChI=1S/C4H11NO.Li.H/c1-3-6-4(2)5;;/h4H,3,5H2,1-2H3;;. The first-order valence-corrected chi connectivity index (χ1v) is 2.14. The molecule has 0 aliphatic carbocycles. The van der Waals surface area contributed by atoms with Crippen LogP contribution in [0.2, 0.25) is 0 Å². The molecule has 0 fully saturated rings. The van der Waals surface area contributed by atoms with Gasteiger partial charge in [-0.2, -0.15) is 0 Å². The van der Waals surface area contributed by atoms with Crippen molar-refractivity contribution in [2.45, 2.75) is 20.1 Å². The quantitative estimate of drug-likeness (QED) is 0.378. The second-order valence-corrected chi connectivity index (χ2v) is 1.16. The molecule has 0 aromatic heterocycles. The van der Waals surface area contributed by atoms with Gasteiger partial charge in [-0.3, -0.25) is 0 Å². The molecule has 0 spiro atoms. The fourth-order valence-electron chi connectivity index (χ4n) is 0.263. The van der Waals surface area contributed by atoms with Crippen LogP contribution in [0.3, 0.4) is 0 Å². The van der Waals surface area contributed by atoms with Crippen LogP contribution >= 0.6 is 0 Å². The van der Waals surface area contributed by atoms with Gasteiger partial charge >= 0.3 is 18.9 Å². The van der Waals surface area contributed by atoms with Crippen molar-refractivity contribution in [2.75, 3.05) is 6.61 Å². The molecule has 1 unspecified atom stereocenters. The van der Waals surface area contributed by atoms with Gasteiger partial charge in [-0.1, -0.05) is 0 Å². The molecule has 0 aromatic rings. The van der Waals surface area contributed by atoms with Crippen LogP contribution in [0.4, 0.5) is 0 Å². The molecule has 0 aliphatic rings. The number of hydrogen-bond acceptors (Lipinski definition) is 2. The van der Waals surface area contributed by atoms with Crippen LogP contribution in [0.1, 0.15) is 13.8 Å². The van der Waals surface area contributed by atoms with Crippen molar-refractivity contribution in [2.24, 2.45) is 5.73 Å². The molecule has 0 rings (SSSR count). The van der Waals surface area contributed by atoms with Crippen LogP contribution in [-0.4, -0.2) is 31.7 Å². The second kappa shape index (κ2) is 6.52. The minimum atomic E-state index is -0.102. The Hall–Kier alpha value is 0.517. The average Bonchev–Trinajstić information content (AvgIpc) is 1.35. The molecule has 40 valence electrons. The van der Waals surface area contributed by atoms with Crippen molar-refractivity contribution in [3.63, 3.8) is 0 Å². The Morgan fingerprint density at radius 3 is 2.14 bits per heavy atom. The average molecular weight is 97.1 g/mol. The van der Waals surface area contributed by atoms with Crippen molar-refractivity contribution >= 4 is 18.9 Å². The first-order chi connectivity index (χ1) is 2.77. The number of nitrogens with two attached hydrogens (primary N) is 1. The molecule has 2 nitrogen and oxygen atoms in total. The van der Waals surface area contributed by atoms with Crippen LogP contribution in [0.15, 0.2) is 0 Å².